The van der Waals surface area contributed by atoms with Gasteiger partial charge in [0.05, 0.1) is 0 Å². The van der Waals surface area contributed by atoms with E-state index in [1.807, 2.05) is 6.07 Å². The third-order valence-electron chi connectivity index (χ3n) is 4.46. The highest BCUT2D eigenvalue weighted by Gasteiger charge is 2.30. The first-order valence-corrected chi connectivity index (χ1v) is 11.0. The minimum atomic E-state index is -4.09. The number of primary sulfonamides is 1. The molecule has 1 aliphatic rings. The number of sulfonamides is 1. The lowest BCUT2D eigenvalue weighted by Crippen LogP contribution is -2.31. The zero-order chi connectivity index (χ0) is 20.0. The van der Waals surface area contributed by atoms with Crippen LogP contribution in [0.3, 0.4) is 0 Å². The summed E-state index contributed by atoms with van der Waals surface area (Å²) in [4.78, 5) is 0.338. The van der Waals surface area contributed by atoms with Crippen molar-refractivity contribution >= 4 is 27.8 Å². The van der Waals surface area contributed by atoms with Gasteiger partial charge in [0.2, 0.25) is 10.0 Å². The van der Waals surface area contributed by atoms with Gasteiger partial charge in [-0.25, -0.2) is 24.9 Å². The number of hydrogen-bond acceptors (Lipinski definition) is 9. The average molecular weight is 417 g/mol. The van der Waals surface area contributed by atoms with E-state index in [4.69, 9.17) is 28.2 Å². The van der Waals surface area contributed by atoms with Crippen molar-refractivity contribution in [2.75, 3.05) is 13.1 Å². The monoisotopic (exact) mass is 416 g/mol. The van der Waals surface area contributed by atoms with Crippen molar-refractivity contribution in [3.05, 3.63) is 23.3 Å². The van der Waals surface area contributed by atoms with Gasteiger partial charge in [0, 0.05) is 29.6 Å². The van der Waals surface area contributed by atoms with Crippen LogP contribution in [0.15, 0.2) is 27.0 Å². The largest absolute Gasteiger partial charge is 0.382 e. The highest BCUT2D eigenvalue weighted by Crippen LogP contribution is 2.38. The predicted octanol–water partition coefficient (Wildman–Crippen LogP) is -1.04. The first-order chi connectivity index (χ1) is 12.8. The van der Waals surface area contributed by atoms with Crippen molar-refractivity contribution in [3.8, 4) is 0 Å². The van der Waals surface area contributed by atoms with Crippen LogP contribution >= 0.6 is 11.9 Å². The second-order valence-electron chi connectivity index (χ2n) is 6.44. The van der Waals surface area contributed by atoms with Gasteiger partial charge in [0.15, 0.2) is 5.84 Å². The Hall–Kier alpha value is -1.41. The van der Waals surface area contributed by atoms with Gasteiger partial charge >= 0.3 is 0 Å². The van der Waals surface area contributed by atoms with E-state index in [0.29, 0.717) is 18.0 Å². The number of benzene rings is 1. The molecule has 0 aliphatic heterocycles. The molecule has 0 aromatic heterocycles. The molecule has 1 aromatic carbocycles. The summed E-state index contributed by atoms with van der Waals surface area (Å²) in [6.45, 7) is 0.903. The summed E-state index contributed by atoms with van der Waals surface area (Å²) in [6.07, 6.45) is 3.51. The third kappa shape index (κ3) is 5.54. The fourth-order valence-corrected chi connectivity index (χ4v) is 5.40. The van der Waals surface area contributed by atoms with Gasteiger partial charge < -0.3 is 17.2 Å². The molecular formula is C15H28N8O2S2. The Balaban J connectivity index is 2.65. The molecule has 1 saturated carbocycles. The zero-order valence-electron chi connectivity index (χ0n) is 15.0. The van der Waals surface area contributed by atoms with Crippen LogP contribution < -0.4 is 38.4 Å². The molecule has 152 valence electrons. The van der Waals surface area contributed by atoms with Gasteiger partial charge in [0.25, 0.3) is 0 Å². The smallest absolute Gasteiger partial charge is 0.239 e. The number of hydrazine groups is 1. The van der Waals surface area contributed by atoms with E-state index >= 15 is 0 Å². The van der Waals surface area contributed by atoms with Crippen LogP contribution in [0.1, 0.15) is 42.7 Å². The van der Waals surface area contributed by atoms with Gasteiger partial charge in [-0.1, -0.05) is 12.5 Å². The second-order valence-corrected chi connectivity index (χ2v) is 8.87. The molecule has 0 radical (unpaired) electrons. The molecule has 2 atom stereocenters. The molecule has 1 aromatic rings. The number of nitrogens with zero attached hydrogens (tertiary/aromatic N) is 1. The number of hydrogen-bond donors (Lipinski definition) is 7. The number of rotatable bonds is 8. The summed E-state index contributed by atoms with van der Waals surface area (Å²) >= 11 is 1.13. The molecule has 0 saturated heterocycles. The van der Waals surface area contributed by atoms with Crippen molar-refractivity contribution in [2.45, 2.75) is 47.4 Å². The molecule has 12 heteroatoms. The van der Waals surface area contributed by atoms with Crippen molar-refractivity contribution in [3.63, 3.8) is 0 Å². The topological polar surface area (TPSA) is 201 Å². The zero-order valence-corrected chi connectivity index (χ0v) is 16.7. The molecule has 1 fully saturated rings. The van der Waals surface area contributed by atoms with Crippen molar-refractivity contribution in [2.24, 2.45) is 33.3 Å². The number of hydrazone groups is 1. The fourth-order valence-electron chi connectivity index (χ4n) is 3.37. The van der Waals surface area contributed by atoms with Crippen molar-refractivity contribution < 1.29 is 8.42 Å². The Morgan fingerprint density at radius 1 is 1.33 bits per heavy atom. The average Bonchev–Trinajstić information content (AvgIpc) is 2.60. The van der Waals surface area contributed by atoms with E-state index < -0.39 is 10.0 Å². The van der Waals surface area contributed by atoms with Gasteiger partial charge in [-0.3, -0.25) is 4.72 Å². The maximum Gasteiger partial charge on any atom is 0.239 e. The summed E-state index contributed by atoms with van der Waals surface area (Å²) in [7, 11) is -4.09. The minimum absolute atomic E-state index is 0.0445. The molecule has 1 aliphatic carbocycles. The molecule has 0 spiro atoms. The van der Waals surface area contributed by atoms with Crippen LogP contribution in [0, 0.1) is 0 Å². The quantitative estimate of drug-likeness (QED) is 0.0689. The summed E-state index contributed by atoms with van der Waals surface area (Å²) in [6, 6.07) is 3.63. The summed E-state index contributed by atoms with van der Waals surface area (Å²) in [5.41, 5.74) is 20.8. The van der Waals surface area contributed by atoms with Crippen molar-refractivity contribution in [1.82, 2.24) is 10.3 Å². The normalized spacial score (nSPS) is 21.3. The fraction of sp³-hybridized carbons (Fsp3) is 0.533. The van der Waals surface area contributed by atoms with Crippen LogP contribution in [0.2, 0.25) is 0 Å². The molecule has 12 N–H and O–H groups in total. The Kier molecular flexibility index (Phi) is 7.85. The predicted molar refractivity (Wildman–Crippen MR) is 108 cm³/mol. The molecule has 2 rings (SSSR count). The van der Waals surface area contributed by atoms with Crippen LogP contribution in [0.4, 0.5) is 0 Å². The molecular weight excluding hydrogens is 388 g/mol. The minimum Gasteiger partial charge on any atom is -0.382 e. The number of nitrogens with one attached hydrogen (secondary N) is 2. The highest BCUT2D eigenvalue weighted by atomic mass is 32.2. The molecule has 0 bridgehead atoms. The molecule has 0 heterocycles. The van der Waals surface area contributed by atoms with Crippen LogP contribution in [-0.2, 0) is 10.0 Å². The van der Waals surface area contributed by atoms with Crippen LogP contribution in [-0.4, -0.2) is 33.4 Å². The van der Waals surface area contributed by atoms with E-state index in [1.165, 1.54) is 0 Å². The van der Waals surface area contributed by atoms with Gasteiger partial charge in [0.1, 0.15) is 4.90 Å². The lowest BCUT2D eigenvalue weighted by molar-refractivity contribution is 0.392. The molecule has 0 amide bonds. The maximum absolute atomic E-state index is 12.4. The van der Waals surface area contributed by atoms with E-state index in [2.05, 4.69) is 15.4 Å². The Bertz CT molecular complexity index is 784. The molecule has 10 nitrogen and oxygen atoms in total. The van der Waals surface area contributed by atoms with E-state index in [1.54, 1.807) is 6.07 Å². The highest BCUT2D eigenvalue weighted by molar-refractivity contribution is 7.98. The van der Waals surface area contributed by atoms with Gasteiger partial charge in [-0.15, -0.1) is 5.10 Å². The molecule has 27 heavy (non-hydrogen) atoms. The summed E-state index contributed by atoms with van der Waals surface area (Å²) in [5, 5.41) is 9.34. The lowest BCUT2D eigenvalue weighted by Gasteiger charge is -2.29. The Morgan fingerprint density at radius 3 is 2.67 bits per heavy atom. The first-order valence-electron chi connectivity index (χ1n) is 8.63. The van der Waals surface area contributed by atoms with Crippen molar-refractivity contribution in [1.29, 1.82) is 0 Å². The molecule has 2 unspecified atom stereocenters. The SMILES string of the molecule is NCCNSc1ccc(C2CCCC(N)C2)c(/C(N)=N/NN)c1S(N)(=O)=O. The van der Waals surface area contributed by atoms with E-state index in [9.17, 15) is 8.42 Å². The first kappa shape index (κ1) is 21.9. The van der Waals surface area contributed by atoms with Crippen LogP contribution in [0.25, 0.3) is 0 Å². The summed E-state index contributed by atoms with van der Waals surface area (Å²) in [5.74, 6) is 5.28. The standard InChI is InChI=1S/C15H28N8O2S2/c16-6-7-21-26-12-5-4-11(9-2-1-3-10(17)8-9)13(15(18)22-23-19)14(12)27(20,24)25/h4-5,9-10,21,23H,1-3,6-8,16-17,19H2,(H2,18,22)(H2,20,24,25). The van der Waals surface area contributed by atoms with Gasteiger partial charge in [-0.05, 0) is 48.8 Å². The van der Waals surface area contributed by atoms with Gasteiger partial charge in [-0.2, -0.15) is 0 Å². The third-order valence-corrected chi connectivity index (χ3v) is 6.49. The van der Waals surface area contributed by atoms with E-state index in [-0.39, 0.29) is 28.3 Å². The number of amidine groups is 1. The van der Waals surface area contributed by atoms with E-state index in [0.717, 1.165) is 43.2 Å². The lowest BCUT2D eigenvalue weighted by atomic mass is 9.80. The van der Waals surface area contributed by atoms with Crippen LogP contribution in [0.5, 0.6) is 0 Å². The second kappa shape index (κ2) is 9.68. The maximum atomic E-state index is 12.4. The number of nitrogens with two attached hydrogens (primary N) is 5. The summed E-state index contributed by atoms with van der Waals surface area (Å²) < 4.78 is 27.9. The Labute approximate surface area is 163 Å². The Morgan fingerprint density at radius 2 is 2.07 bits per heavy atom.